The van der Waals surface area contributed by atoms with Gasteiger partial charge in [0.05, 0.1) is 6.61 Å². The molecule has 1 heterocycles. The van der Waals surface area contributed by atoms with Gasteiger partial charge < -0.3 is 15.2 Å². The standard InChI is InChI=1S/C16H21NO4/c18-15-10-9-12-13(17-15)6-5-7-14(12)21-11-4-2-1-3-8-16(19)20/h5-7H,1-4,8-11H2,(H,17,18)(H,19,20). The van der Waals surface area contributed by atoms with E-state index in [1.54, 1.807) is 0 Å². The van der Waals surface area contributed by atoms with Gasteiger partial charge in [0.15, 0.2) is 0 Å². The fourth-order valence-electron chi connectivity index (χ4n) is 2.44. The molecule has 1 aliphatic heterocycles. The van der Waals surface area contributed by atoms with Crippen LogP contribution in [0.5, 0.6) is 5.75 Å². The fraction of sp³-hybridized carbons (Fsp3) is 0.500. The van der Waals surface area contributed by atoms with Gasteiger partial charge in [-0.3, -0.25) is 9.59 Å². The number of amides is 1. The molecule has 0 aromatic heterocycles. The van der Waals surface area contributed by atoms with Gasteiger partial charge in [-0.25, -0.2) is 0 Å². The van der Waals surface area contributed by atoms with Crippen LogP contribution in [-0.4, -0.2) is 23.6 Å². The Hall–Kier alpha value is -2.04. The maximum atomic E-state index is 11.4. The molecule has 114 valence electrons. The highest BCUT2D eigenvalue weighted by molar-refractivity contribution is 5.94. The van der Waals surface area contributed by atoms with E-state index in [1.807, 2.05) is 18.2 Å². The number of nitrogens with one attached hydrogen (secondary N) is 1. The minimum Gasteiger partial charge on any atom is -0.493 e. The zero-order valence-corrected chi connectivity index (χ0v) is 12.1. The Morgan fingerprint density at radius 3 is 2.81 bits per heavy atom. The summed E-state index contributed by atoms with van der Waals surface area (Å²) in [7, 11) is 0. The largest absolute Gasteiger partial charge is 0.493 e. The van der Waals surface area contributed by atoms with Gasteiger partial charge in [0, 0.05) is 24.1 Å². The maximum absolute atomic E-state index is 11.4. The summed E-state index contributed by atoms with van der Waals surface area (Å²) >= 11 is 0. The van der Waals surface area contributed by atoms with Crippen LogP contribution in [0.4, 0.5) is 5.69 Å². The molecular weight excluding hydrogens is 270 g/mol. The van der Waals surface area contributed by atoms with E-state index in [2.05, 4.69) is 5.32 Å². The van der Waals surface area contributed by atoms with Crippen molar-refractivity contribution in [2.45, 2.75) is 44.9 Å². The highest BCUT2D eigenvalue weighted by Gasteiger charge is 2.17. The molecule has 1 aromatic rings. The van der Waals surface area contributed by atoms with Crippen LogP contribution in [0.3, 0.4) is 0 Å². The van der Waals surface area contributed by atoms with Crippen molar-refractivity contribution in [2.75, 3.05) is 11.9 Å². The molecule has 5 heteroatoms. The Morgan fingerprint density at radius 2 is 2.00 bits per heavy atom. The van der Waals surface area contributed by atoms with E-state index in [0.717, 1.165) is 49.1 Å². The molecular formula is C16H21NO4. The minimum absolute atomic E-state index is 0.0538. The summed E-state index contributed by atoms with van der Waals surface area (Å²) in [5, 5.41) is 11.4. The van der Waals surface area contributed by atoms with Crippen molar-refractivity contribution in [3.05, 3.63) is 23.8 Å². The molecule has 0 unspecified atom stereocenters. The molecule has 0 bridgehead atoms. The number of hydrogen-bond donors (Lipinski definition) is 2. The Labute approximate surface area is 124 Å². The molecule has 1 amide bonds. The molecule has 0 atom stereocenters. The lowest BCUT2D eigenvalue weighted by Crippen LogP contribution is -2.19. The monoisotopic (exact) mass is 291 g/mol. The highest BCUT2D eigenvalue weighted by Crippen LogP contribution is 2.31. The van der Waals surface area contributed by atoms with Crippen LogP contribution in [0.15, 0.2) is 18.2 Å². The number of aliphatic carboxylic acids is 1. The van der Waals surface area contributed by atoms with E-state index >= 15 is 0 Å². The van der Waals surface area contributed by atoms with Gasteiger partial charge in [-0.05, 0) is 31.4 Å². The van der Waals surface area contributed by atoms with E-state index in [9.17, 15) is 9.59 Å². The summed E-state index contributed by atoms with van der Waals surface area (Å²) in [6.45, 7) is 0.622. The lowest BCUT2D eigenvalue weighted by molar-refractivity contribution is -0.137. The van der Waals surface area contributed by atoms with Gasteiger partial charge in [-0.1, -0.05) is 18.9 Å². The van der Waals surface area contributed by atoms with Crippen molar-refractivity contribution >= 4 is 17.6 Å². The second-order valence-electron chi connectivity index (χ2n) is 5.24. The summed E-state index contributed by atoms with van der Waals surface area (Å²) in [5.74, 6) is 0.167. The number of rotatable bonds is 8. The van der Waals surface area contributed by atoms with Crippen LogP contribution >= 0.6 is 0 Å². The van der Waals surface area contributed by atoms with Crippen molar-refractivity contribution in [1.29, 1.82) is 0 Å². The van der Waals surface area contributed by atoms with E-state index < -0.39 is 5.97 Å². The molecule has 0 radical (unpaired) electrons. The first-order valence-corrected chi connectivity index (χ1v) is 7.43. The van der Waals surface area contributed by atoms with Crippen LogP contribution in [-0.2, 0) is 16.0 Å². The quantitative estimate of drug-likeness (QED) is 0.722. The predicted molar refractivity (Wildman–Crippen MR) is 79.6 cm³/mol. The van der Waals surface area contributed by atoms with Crippen molar-refractivity contribution in [3.63, 3.8) is 0 Å². The summed E-state index contributed by atoms with van der Waals surface area (Å²) < 4.78 is 5.80. The van der Waals surface area contributed by atoms with Crippen LogP contribution in [0.2, 0.25) is 0 Å². The number of anilines is 1. The Bertz CT molecular complexity index is 513. The topological polar surface area (TPSA) is 75.6 Å². The fourth-order valence-corrected chi connectivity index (χ4v) is 2.44. The Kier molecular flexibility index (Phi) is 5.60. The molecule has 5 nitrogen and oxygen atoms in total. The predicted octanol–water partition coefficient (Wildman–Crippen LogP) is 2.99. The smallest absolute Gasteiger partial charge is 0.303 e. The lowest BCUT2D eigenvalue weighted by atomic mass is 10.0. The zero-order chi connectivity index (χ0) is 15.1. The van der Waals surface area contributed by atoms with Crippen LogP contribution in [0.25, 0.3) is 0 Å². The molecule has 0 spiro atoms. The second-order valence-corrected chi connectivity index (χ2v) is 5.24. The average Bonchev–Trinajstić information content (AvgIpc) is 2.45. The molecule has 0 aliphatic carbocycles. The molecule has 1 aliphatic rings. The molecule has 21 heavy (non-hydrogen) atoms. The van der Waals surface area contributed by atoms with Gasteiger partial charge in [-0.15, -0.1) is 0 Å². The maximum Gasteiger partial charge on any atom is 0.303 e. The number of unbranched alkanes of at least 4 members (excludes halogenated alkanes) is 3. The normalized spacial score (nSPS) is 13.4. The lowest BCUT2D eigenvalue weighted by Gasteiger charge is -2.20. The molecule has 1 aromatic carbocycles. The summed E-state index contributed by atoms with van der Waals surface area (Å²) in [6.07, 6.45) is 4.99. The molecule has 2 N–H and O–H groups in total. The van der Waals surface area contributed by atoms with E-state index in [1.165, 1.54) is 0 Å². The van der Waals surface area contributed by atoms with E-state index in [-0.39, 0.29) is 12.3 Å². The number of carbonyl (C=O) groups excluding carboxylic acids is 1. The van der Waals surface area contributed by atoms with Crippen LogP contribution in [0, 0.1) is 0 Å². The number of carboxylic acids is 1. The third-order valence-electron chi connectivity index (χ3n) is 3.55. The van der Waals surface area contributed by atoms with Crippen LogP contribution < -0.4 is 10.1 Å². The van der Waals surface area contributed by atoms with Crippen molar-refractivity contribution < 1.29 is 19.4 Å². The first-order valence-electron chi connectivity index (χ1n) is 7.43. The van der Waals surface area contributed by atoms with Gasteiger partial charge in [0.25, 0.3) is 0 Å². The van der Waals surface area contributed by atoms with Crippen LogP contribution in [0.1, 0.15) is 44.1 Å². The number of fused-ring (bicyclic) bond motifs is 1. The average molecular weight is 291 g/mol. The third kappa shape index (κ3) is 4.77. The third-order valence-corrected chi connectivity index (χ3v) is 3.55. The second kappa shape index (κ2) is 7.67. The summed E-state index contributed by atoms with van der Waals surface area (Å²) in [5.41, 5.74) is 1.92. The molecule has 0 saturated heterocycles. The number of benzene rings is 1. The first kappa shape index (κ1) is 15.4. The number of ether oxygens (including phenoxy) is 1. The van der Waals surface area contributed by atoms with E-state index in [0.29, 0.717) is 13.0 Å². The van der Waals surface area contributed by atoms with Gasteiger partial charge >= 0.3 is 5.97 Å². The molecule has 0 fully saturated rings. The van der Waals surface area contributed by atoms with Crippen molar-refractivity contribution in [1.82, 2.24) is 0 Å². The number of carboxylic acid groups (broad SMARTS) is 1. The Balaban J connectivity index is 1.73. The minimum atomic E-state index is -0.732. The Morgan fingerprint density at radius 1 is 1.19 bits per heavy atom. The van der Waals surface area contributed by atoms with Gasteiger partial charge in [-0.2, -0.15) is 0 Å². The zero-order valence-electron chi connectivity index (χ0n) is 12.1. The highest BCUT2D eigenvalue weighted by atomic mass is 16.5. The van der Waals surface area contributed by atoms with Gasteiger partial charge in [0.1, 0.15) is 5.75 Å². The summed E-state index contributed by atoms with van der Waals surface area (Å²) in [6, 6.07) is 5.71. The van der Waals surface area contributed by atoms with E-state index in [4.69, 9.17) is 9.84 Å². The first-order chi connectivity index (χ1) is 10.2. The van der Waals surface area contributed by atoms with Crippen molar-refractivity contribution in [2.24, 2.45) is 0 Å². The number of hydrogen-bond acceptors (Lipinski definition) is 3. The SMILES string of the molecule is O=C(O)CCCCCCOc1cccc2c1CCC(=O)N2. The molecule has 2 rings (SSSR count). The molecule has 0 saturated carbocycles. The number of carbonyl (C=O) groups is 2. The summed E-state index contributed by atoms with van der Waals surface area (Å²) in [4.78, 5) is 21.7. The van der Waals surface area contributed by atoms with Crippen molar-refractivity contribution in [3.8, 4) is 5.75 Å². The van der Waals surface area contributed by atoms with Gasteiger partial charge in [0.2, 0.25) is 5.91 Å².